The molecule has 94 valence electrons. The van der Waals surface area contributed by atoms with Crippen LogP contribution in [0.5, 0.6) is 0 Å². The van der Waals surface area contributed by atoms with E-state index in [1.807, 2.05) is 0 Å². The zero-order valence-electron chi connectivity index (χ0n) is 11.6. The fourth-order valence-corrected chi connectivity index (χ4v) is 11.3. The molecule has 0 radical (unpaired) electrons. The Hall–Kier alpha value is 0.217. The van der Waals surface area contributed by atoms with E-state index < -0.39 is 8.07 Å². The molecule has 0 aromatic heterocycles. The van der Waals surface area contributed by atoms with Crippen molar-refractivity contribution in [1.29, 1.82) is 0 Å². The zero-order chi connectivity index (χ0) is 11.6. The van der Waals surface area contributed by atoms with Crippen LogP contribution in [0.15, 0.2) is 0 Å². The van der Waals surface area contributed by atoms with E-state index in [1.54, 1.807) is 31.7 Å². The van der Waals surface area contributed by atoms with Crippen LogP contribution in [0.1, 0.15) is 65.2 Å². The molecule has 2 rings (SSSR count). The Morgan fingerprint density at radius 1 is 0.875 bits per heavy atom. The van der Waals surface area contributed by atoms with Gasteiger partial charge in [-0.15, -0.1) is 0 Å². The van der Waals surface area contributed by atoms with Gasteiger partial charge in [0.1, 0.15) is 0 Å². The summed E-state index contributed by atoms with van der Waals surface area (Å²) >= 11 is 0. The third kappa shape index (κ3) is 2.55. The number of rotatable bonds is 4. The van der Waals surface area contributed by atoms with Gasteiger partial charge in [-0.05, 0) is 17.0 Å². The SMILES string of the molecule is CC(C)C[Si](C)(C1CCCC1)C1CCCC1. The van der Waals surface area contributed by atoms with Gasteiger partial charge in [0.25, 0.3) is 0 Å². The minimum absolute atomic E-state index is 0.942. The van der Waals surface area contributed by atoms with Crippen molar-refractivity contribution in [1.82, 2.24) is 0 Å². The largest absolute Gasteiger partial charge is 0.0687 e. The van der Waals surface area contributed by atoms with Gasteiger partial charge in [0.05, 0.1) is 8.07 Å². The molecular weight excluding hydrogens is 208 g/mol. The highest BCUT2D eigenvalue weighted by molar-refractivity contribution is 6.81. The summed E-state index contributed by atoms with van der Waals surface area (Å²) < 4.78 is 0. The van der Waals surface area contributed by atoms with E-state index in [0.29, 0.717) is 0 Å². The Kier molecular flexibility index (Phi) is 4.15. The summed E-state index contributed by atoms with van der Waals surface area (Å²) in [5, 5.41) is 0. The van der Waals surface area contributed by atoms with Crippen LogP contribution in [0.25, 0.3) is 0 Å². The summed E-state index contributed by atoms with van der Waals surface area (Å²) in [6, 6.07) is 1.61. The Morgan fingerprint density at radius 2 is 1.25 bits per heavy atom. The normalized spacial score (nSPS) is 24.8. The maximum Gasteiger partial charge on any atom is 0.0569 e. The van der Waals surface area contributed by atoms with Gasteiger partial charge in [-0.1, -0.05) is 77.8 Å². The molecule has 2 aliphatic carbocycles. The van der Waals surface area contributed by atoms with Gasteiger partial charge < -0.3 is 0 Å². The van der Waals surface area contributed by atoms with E-state index in [-0.39, 0.29) is 0 Å². The van der Waals surface area contributed by atoms with Gasteiger partial charge in [0.2, 0.25) is 0 Å². The van der Waals surface area contributed by atoms with E-state index >= 15 is 0 Å². The maximum absolute atomic E-state index is 2.78. The van der Waals surface area contributed by atoms with Crippen molar-refractivity contribution in [3.05, 3.63) is 0 Å². The van der Waals surface area contributed by atoms with Gasteiger partial charge in [0.15, 0.2) is 0 Å². The lowest BCUT2D eigenvalue weighted by Crippen LogP contribution is -2.41. The molecule has 1 heteroatoms. The van der Waals surface area contributed by atoms with Crippen LogP contribution in [0, 0.1) is 5.92 Å². The molecular formula is C15H30Si. The Morgan fingerprint density at radius 3 is 1.56 bits per heavy atom. The highest BCUT2D eigenvalue weighted by Crippen LogP contribution is 2.52. The molecule has 0 unspecified atom stereocenters. The summed E-state index contributed by atoms with van der Waals surface area (Å²) in [6.45, 7) is 7.68. The molecule has 0 heterocycles. The van der Waals surface area contributed by atoms with Gasteiger partial charge in [-0.3, -0.25) is 0 Å². The van der Waals surface area contributed by atoms with Crippen molar-refractivity contribution in [2.45, 2.75) is 88.9 Å². The van der Waals surface area contributed by atoms with Crippen molar-refractivity contribution in [2.24, 2.45) is 5.92 Å². The smallest absolute Gasteiger partial charge is 0.0569 e. The molecule has 0 N–H and O–H groups in total. The third-order valence-corrected chi connectivity index (χ3v) is 12.0. The molecule has 2 aliphatic rings. The van der Waals surface area contributed by atoms with E-state index in [0.717, 1.165) is 5.92 Å². The summed E-state index contributed by atoms with van der Waals surface area (Å²) in [5.41, 5.74) is 2.39. The van der Waals surface area contributed by atoms with Gasteiger partial charge in [-0.2, -0.15) is 0 Å². The Bertz CT molecular complexity index is 193. The van der Waals surface area contributed by atoms with E-state index in [2.05, 4.69) is 20.4 Å². The lowest BCUT2D eigenvalue weighted by atomic mass is 10.3. The van der Waals surface area contributed by atoms with Crippen LogP contribution < -0.4 is 0 Å². The fourth-order valence-electron chi connectivity index (χ4n) is 4.72. The van der Waals surface area contributed by atoms with Crippen LogP contribution in [0.3, 0.4) is 0 Å². The van der Waals surface area contributed by atoms with Crippen LogP contribution >= 0.6 is 0 Å². The van der Waals surface area contributed by atoms with Crippen LogP contribution in [0.4, 0.5) is 0 Å². The predicted octanol–water partition coefficient (Wildman–Crippen LogP) is 5.61. The number of hydrogen-bond donors (Lipinski definition) is 0. The summed E-state index contributed by atoms with van der Waals surface area (Å²) in [5.74, 6) is 0.942. The van der Waals surface area contributed by atoms with Crippen LogP contribution in [0.2, 0.25) is 23.7 Å². The lowest BCUT2D eigenvalue weighted by molar-refractivity contribution is 0.660. The molecule has 0 amide bonds. The molecule has 2 saturated carbocycles. The van der Waals surface area contributed by atoms with Crippen molar-refractivity contribution >= 4 is 8.07 Å². The first kappa shape index (κ1) is 12.7. The standard InChI is InChI=1S/C15H30Si/c1-13(2)12-16(3,14-8-4-5-9-14)15-10-6-7-11-15/h13-15H,4-12H2,1-3H3. The van der Waals surface area contributed by atoms with Crippen LogP contribution in [-0.4, -0.2) is 8.07 Å². The second kappa shape index (κ2) is 5.24. The molecule has 16 heavy (non-hydrogen) atoms. The van der Waals surface area contributed by atoms with Crippen LogP contribution in [-0.2, 0) is 0 Å². The first-order valence-corrected chi connectivity index (χ1v) is 10.5. The highest BCUT2D eigenvalue weighted by atomic mass is 28.3. The molecule has 0 spiro atoms. The molecule has 0 bridgehead atoms. The highest BCUT2D eigenvalue weighted by Gasteiger charge is 2.44. The van der Waals surface area contributed by atoms with Crippen molar-refractivity contribution in [3.63, 3.8) is 0 Å². The second-order valence-corrected chi connectivity index (χ2v) is 12.1. The molecule has 0 saturated heterocycles. The Labute approximate surface area is 103 Å². The Balaban J connectivity index is 2.09. The topological polar surface area (TPSA) is 0 Å². The third-order valence-electron chi connectivity index (χ3n) is 5.42. The first-order chi connectivity index (χ1) is 7.63. The zero-order valence-corrected chi connectivity index (χ0v) is 12.6. The quantitative estimate of drug-likeness (QED) is 0.558. The van der Waals surface area contributed by atoms with Crippen molar-refractivity contribution in [2.75, 3.05) is 0 Å². The molecule has 0 aliphatic heterocycles. The second-order valence-electron chi connectivity index (χ2n) is 7.07. The van der Waals surface area contributed by atoms with E-state index in [4.69, 9.17) is 0 Å². The molecule has 0 atom stereocenters. The van der Waals surface area contributed by atoms with E-state index in [9.17, 15) is 0 Å². The monoisotopic (exact) mass is 238 g/mol. The maximum atomic E-state index is 2.78. The lowest BCUT2D eigenvalue weighted by Gasteiger charge is -2.40. The van der Waals surface area contributed by atoms with Crippen molar-refractivity contribution < 1.29 is 0 Å². The molecule has 0 aromatic rings. The van der Waals surface area contributed by atoms with Gasteiger partial charge >= 0.3 is 0 Å². The summed E-state index contributed by atoms with van der Waals surface area (Å²) in [4.78, 5) is 0. The minimum Gasteiger partial charge on any atom is -0.0687 e. The minimum atomic E-state index is -0.946. The van der Waals surface area contributed by atoms with Gasteiger partial charge in [-0.25, -0.2) is 0 Å². The van der Waals surface area contributed by atoms with E-state index in [1.165, 1.54) is 36.8 Å². The average molecular weight is 238 g/mol. The molecule has 0 nitrogen and oxygen atoms in total. The summed E-state index contributed by atoms with van der Waals surface area (Å²) in [6.07, 6.45) is 12.5. The molecule has 0 aromatic carbocycles. The fraction of sp³-hybridized carbons (Fsp3) is 1.00. The number of hydrogen-bond acceptors (Lipinski definition) is 0. The predicted molar refractivity (Wildman–Crippen MR) is 75.7 cm³/mol. The molecule has 2 fully saturated rings. The summed E-state index contributed by atoms with van der Waals surface area (Å²) in [7, 11) is -0.946. The first-order valence-electron chi connectivity index (χ1n) is 7.63. The van der Waals surface area contributed by atoms with Crippen molar-refractivity contribution in [3.8, 4) is 0 Å². The van der Waals surface area contributed by atoms with Gasteiger partial charge in [0, 0.05) is 0 Å². The average Bonchev–Trinajstić information content (AvgIpc) is 2.91.